The Morgan fingerprint density at radius 2 is 1.88 bits per heavy atom. The number of halogens is 2. The number of nitrogens with zero attached hydrogens (tertiary/aromatic N) is 1. The van der Waals surface area contributed by atoms with Gasteiger partial charge in [0.15, 0.2) is 11.6 Å². The van der Waals surface area contributed by atoms with E-state index in [1.807, 2.05) is 30.3 Å². The molecule has 2 rings (SSSR count). The van der Waals surface area contributed by atoms with Gasteiger partial charge in [-0.15, -0.1) is 0 Å². The summed E-state index contributed by atoms with van der Waals surface area (Å²) in [4.78, 5) is 0. The maximum absolute atomic E-state index is 13.8. The summed E-state index contributed by atoms with van der Waals surface area (Å²) in [7, 11) is 0. The molecule has 0 atom stereocenters. The average Bonchev–Trinajstić information content (AvgIpc) is 2.59. The highest BCUT2D eigenvalue weighted by atomic mass is 19.2. The molecule has 2 aromatic rings. The third kappa shape index (κ3) is 5.65. The van der Waals surface area contributed by atoms with E-state index in [0.717, 1.165) is 37.4 Å². The molecule has 3 nitrogen and oxygen atoms in total. The summed E-state index contributed by atoms with van der Waals surface area (Å²) in [6, 6.07) is 11.9. The third-order valence-electron chi connectivity index (χ3n) is 3.45. The number of hydrogen-bond donors (Lipinski definition) is 1. The first kappa shape index (κ1) is 17.9. The van der Waals surface area contributed by atoms with Crippen LogP contribution in [0.5, 0.6) is 5.75 Å². The number of benzene rings is 2. The molecule has 0 saturated heterocycles. The van der Waals surface area contributed by atoms with Crippen LogP contribution in [-0.4, -0.2) is 12.8 Å². The first-order chi connectivity index (χ1) is 11.7. The molecule has 0 aliphatic rings. The Hall–Kier alpha value is -2.43. The van der Waals surface area contributed by atoms with Crippen LogP contribution < -0.4 is 10.2 Å². The van der Waals surface area contributed by atoms with E-state index < -0.39 is 11.6 Å². The van der Waals surface area contributed by atoms with Gasteiger partial charge in [-0.3, -0.25) is 5.43 Å². The molecule has 0 saturated carbocycles. The van der Waals surface area contributed by atoms with Crippen molar-refractivity contribution in [3.63, 3.8) is 0 Å². The van der Waals surface area contributed by atoms with Crippen molar-refractivity contribution in [3.05, 3.63) is 59.7 Å². The lowest BCUT2D eigenvalue weighted by Gasteiger charge is -2.08. The SMILES string of the molecule is CCCCCCOc1cc(C=NNc2ccccc2)cc(F)c1F. The van der Waals surface area contributed by atoms with Gasteiger partial charge in [0.2, 0.25) is 5.82 Å². The molecule has 0 fully saturated rings. The van der Waals surface area contributed by atoms with Crippen LogP contribution in [0.15, 0.2) is 47.6 Å². The van der Waals surface area contributed by atoms with Crippen molar-refractivity contribution in [2.24, 2.45) is 5.10 Å². The van der Waals surface area contributed by atoms with E-state index in [0.29, 0.717) is 12.2 Å². The Balaban J connectivity index is 1.97. The Morgan fingerprint density at radius 3 is 2.62 bits per heavy atom. The van der Waals surface area contributed by atoms with Crippen LogP contribution in [0, 0.1) is 11.6 Å². The minimum absolute atomic E-state index is 0.0762. The molecule has 0 amide bonds. The fraction of sp³-hybridized carbons (Fsp3) is 0.316. The zero-order valence-electron chi connectivity index (χ0n) is 13.8. The fourth-order valence-electron chi connectivity index (χ4n) is 2.17. The van der Waals surface area contributed by atoms with E-state index in [-0.39, 0.29) is 5.75 Å². The number of hydrogen-bond acceptors (Lipinski definition) is 3. The predicted octanol–water partition coefficient (Wildman–Crippen LogP) is 5.37. The molecule has 0 unspecified atom stereocenters. The molecular weight excluding hydrogens is 310 g/mol. The van der Waals surface area contributed by atoms with Crippen LogP contribution in [0.25, 0.3) is 0 Å². The Labute approximate surface area is 141 Å². The maximum Gasteiger partial charge on any atom is 0.200 e. The molecule has 0 spiro atoms. The standard InChI is InChI=1S/C19H22F2N2O/c1-2-3-4-8-11-24-18-13-15(12-17(20)19(18)21)14-22-23-16-9-6-5-7-10-16/h5-7,9-10,12-14,23H,2-4,8,11H2,1H3. The zero-order chi connectivity index (χ0) is 17.2. The predicted molar refractivity (Wildman–Crippen MR) is 93.7 cm³/mol. The first-order valence-electron chi connectivity index (χ1n) is 8.16. The molecule has 2 aromatic carbocycles. The maximum atomic E-state index is 13.8. The van der Waals surface area contributed by atoms with Crippen molar-refractivity contribution in [1.82, 2.24) is 0 Å². The van der Waals surface area contributed by atoms with Crippen molar-refractivity contribution in [2.75, 3.05) is 12.0 Å². The summed E-state index contributed by atoms with van der Waals surface area (Å²) in [5.74, 6) is -1.98. The second-order valence-electron chi connectivity index (χ2n) is 5.46. The lowest BCUT2D eigenvalue weighted by atomic mass is 10.2. The number of anilines is 1. The van der Waals surface area contributed by atoms with E-state index >= 15 is 0 Å². The van der Waals surface area contributed by atoms with Gasteiger partial charge in [0.05, 0.1) is 18.5 Å². The summed E-state index contributed by atoms with van der Waals surface area (Å²) in [5, 5.41) is 4.02. The van der Waals surface area contributed by atoms with Gasteiger partial charge >= 0.3 is 0 Å². The van der Waals surface area contributed by atoms with Gasteiger partial charge < -0.3 is 4.74 Å². The molecule has 0 bridgehead atoms. The largest absolute Gasteiger partial charge is 0.490 e. The van der Waals surface area contributed by atoms with Crippen molar-refractivity contribution in [3.8, 4) is 5.75 Å². The lowest BCUT2D eigenvalue weighted by Crippen LogP contribution is -2.02. The zero-order valence-corrected chi connectivity index (χ0v) is 13.8. The quantitative estimate of drug-likeness (QED) is 0.380. The fourth-order valence-corrected chi connectivity index (χ4v) is 2.17. The molecule has 0 aliphatic heterocycles. The molecule has 0 aromatic heterocycles. The summed E-state index contributed by atoms with van der Waals surface area (Å²) in [6.07, 6.45) is 5.49. The summed E-state index contributed by atoms with van der Waals surface area (Å²) < 4.78 is 32.8. The number of para-hydroxylation sites is 1. The summed E-state index contributed by atoms with van der Waals surface area (Å²) in [5.41, 5.74) is 4.07. The monoisotopic (exact) mass is 332 g/mol. The van der Waals surface area contributed by atoms with Crippen LogP contribution in [0.2, 0.25) is 0 Å². The third-order valence-corrected chi connectivity index (χ3v) is 3.45. The number of ether oxygens (including phenoxy) is 1. The smallest absolute Gasteiger partial charge is 0.200 e. The number of rotatable bonds is 9. The van der Waals surface area contributed by atoms with Crippen LogP contribution in [0.3, 0.4) is 0 Å². The van der Waals surface area contributed by atoms with Crippen molar-refractivity contribution < 1.29 is 13.5 Å². The normalized spacial score (nSPS) is 11.0. The van der Waals surface area contributed by atoms with Gasteiger partial charge in [-0.05, 0) is 30.7 Å². The van der Waals surface area contributed by atoms with Gasteiger partial charge in [-0.25, -0.2) is 4.39 Å². The van der Waals surface area contributed by atoms with E-state index in [9.17, 15) is 8.78 Å². The first-order valence-corrected chi connectivity index (χ1v) is 8.16. The van der Waals surface area contributed by atoms with Gasteiger partial charge in [0.25, 0.3) is 0 Å². The number of nitrogens with one attached hydrogen (secondary N) is 1. The van der Waals surface area contributed by atoms with E-state index in [1.54, 1.807) is 0 Å². The van der Waals surface area contributed by atoms with Crippen LogP contribution in [-0.2, 0) is 0 Å². The van der Waals surface area contributed by atoms with Crippen LogP contribution >= 0.6 is 0 Å². The minimum atomic E-state index is -0.960. The van der Waals surface area contributed by atoms with Crippen molar-refractivity contribution in [1.29, 1.82) is 0 Å². The van der Waals surface area contributed by atoms with E-state index in [1.165, 1.54) is 12.3 Å². The van der Waals surface area contributed by atoms with Crippen LogP contribution in [0.4, 0.5) is 14.5 Å². The average molecular weight is 332 g/mol. The second-order valence-corrected chi connectivity index (χ2v) is 5.46. The Bertz CT molecular complexity index is 660. The van der Waals surface area contributed by atoms with Gasteiger partial charge in [-0.2, -0.15) is 9.49 Å². The molecule has 24 heavy (non-hydrogen) atoms. The highest BCUT2D eigenvalue weighted by Crippen LogP contribution is 2.22. The Kier molecular flexibility index (Phi) is 7.21. The highest BCUT2D eigenvalue weighted by Gasteiger charge is 2.11. The van der Waals surface area contributed by atoms with Gasteiger partial charge in [0, 0.05) is 5.56 Å². The lowest BCUT2D eigenvalue weighted by molar-refractivity contribution is 0.285. The molecule has 128 valence electrons. The molecule has 0 radical (unpaired) electrons. The van der Waals surface area contributed by atoms with E-state index in [4.69, 9.17) is 4.74 Å². The molecule has 1 N–H and O–H groups in total. The van der Waals surface area contributed by atoms with Crippen molar-refractivity contribution in [2.45, 2.75) is 32.6 Å². The van der Waals surface area contributed by atoms with Gasteiger partial charge in [-0.1, -0.05) is 44.4 Å². The van der Waals surface area contributed by atoms with Crippen molar-refractivity contribution >= 4 is 11.9 Å². The second kappa shape index (κ2) is 9.65. The number of hydrazone groups is 1. The highest BCUT2D eigenvalue weighted by molar-refractivity contribution is 5.81. The molecule has 0 aliphatic carbocycles. The van der Waals surface area contributed by atoms with E-state index in [2.05, 4.69) is 17.5 Å². The summed E-state index contributed by atoms with van der Waals surface area (Å²) in [6.45, 7) is 2.49. The van der Waals surface area contributed by atoms with Crippen LogP contribution in [0.1, 0.15) is 38.2 Å². The summed E-state index contributed by atoms with van der Waals surface area (Å²) >= 11 is 0. The Morgan fingerprint density at radius 1 is 1.08 bits per heavy atom. The van der Waals surface area contributed by atoms with Gasteiger partial charge in [0.1, 0.15) is 0 Å². The molecule has 5 heteroatoms. The minimum Gasteiger partial charge on any atom is -0.490 e. The molecular formula is C19H22F2N2O. The topological polar surface area (TPSA) is 33.6 Å². The number of unbranched alkanes of at least 4 members (excludes halogenated alkanes) is 3. The molecule has 0 heterocycles.